The van der Waals surface area contributed by atoms with Crippen molar-refractivity contribution in [1.82, 2.24) is 10.2 Å². The molecule has 0 spiro atoms. The number of aliphatic hydroxyl groups is 1. The van der Waals surface area contributed by atoms with Gasteiger partial charge < -0.3 is 26.2 Å². The van der Waals surface area contributed by atoms with Gasteiger partial charge in [-0.3, -0.25) is 4.79 Å². The number of carbonyl (C=O) groups excluding carboxylic acids is 2. The van der Waals surface area contributed by atoms with Crippen molar-refractivity contribution in [2.45, 2.75) is 32.4 Å². The number of benzene rings is 1. The van der Waals surface area contributed by atoms with Crippen LogP contribution in [0.2, 0.25) is 0 Å². The number of urea groups is 1. The zero-order valence-electron chi connectivity index (χ0n) is 14.4. The maximum absolute atomic E-state index is 12.4. The molecule has 8 nitrogen and oxygen atoms in total. The van der Waals surface area contributed by atoms with Crippen LogP contribution in [-0.2, 0) is 16.0 Å². The molecule has 0 fully saturated rings. The van der Waals surface area contributed by atoms with Gasteiger partial charge in [-0.2, -0.15) is 0 Å². The molecule has 0 bridgehead atoms. The van der Waals surface area contributed by atoms with Crippen molar-refractivity contribution in [2.75, 3.05) is 13.1 Å². The standard InChI is InChI=1S/C17H25N3O5/c1-11(2)9-20(10-14(21)15(18)22)17(25)19-13(16(23)24)8-12-6-4-3-5-7-12/h3-7,11,13-14,21H,8-10H2,1-2H3,(H2,18,22)(H,19,25)(H,23,24)/t13-,14?/m0/s1. The van der Waals surface area contributed by atoms with E-state index in [1.165, 1.54) is 4.90 Å². The topological polar surface area (TPSA) is 133 Å². The molecule has 0 aromatic heterocycles. The number of rotatable bonds is 9. The van der Waals surface area contributed by atoms with Crippen LogP contribution in [0.15, 0.2) is 30.3 Å². The number of nitrogens with two attached hydrogens (primary N) is 1. The summed E-state index contributed by atoms with van der Waals surface area (Å²) in [7, 11) is 0. The molecule has 138 valence electrons. The molecular weight excluding hydrogens is 326 g/mol. The fourth-order valence-electron chi connectivity index (χ4n) is 2.27. The van der Waals surface area contributed by atoms with E-state index in [0.29, 0.717) is 0 Å². The Morgan fingerprint density at radius 3 is 2.24 bits per heavy atom. The number of aliphatic carboxylic acids is 1. The number of hydrogen-bond acceptors (Lipinski definition) is 4. The lowest BCUT2D eigenvalue weighted by Gasteiger charge is -2.28. The number of nitrogens with zero attached hydrogens (tertiary/aromatic N) is 1. The number of aliphatic hydroxyl groups excluding tert-OH is 1. The van der Waals surface area contributed by atoms with Gasteiger partial charge >= 0.3 is 12.0 Å². The highest BCUT2D eigenvalue weighted by Crippen LogP contribution is 2.06. The molecule has 1 aromatic carbocycles. The average molecular weight is 351 g/mol. The summed E-state index contributed by atoms with van der Waals surface area (Å²) >= 11 is 0. The number of primary amides is 1. The second-order valence-electron chi connectivity index (χ2n) is 6.25. The number of carboxylic acids is 1. The van der Waals surface area contributed by atoms with Crippen molar-refractivity contribution in [1.29, 1.82) is 0 Å². The maximum atomic E-state index is 12.4. The van der Waals surface area contributed by atoms with Crippen LogP contribution in [-0.4, -0.2) is 58.3 Å². The van der Waals surface area contributed by atoms with Gasteiger partial charge in [-0.1, -0.05) is 44.2 Å². The second kappa shape index (κ2) is 9.63. The highest BCUT2D eigenvalue weighted by atomic mass is 16.4. The first kappa shape index (κ1) is 20.4. The minimum absolute atomic E-state index is 0.0585. The van der Waals surface area contributed by atoms with Crippen molar-refractivity contribution in [2.24, 2.45) is 11.7 Å². The number of amides is 3. The molecule has 1 aromatic rings. The van der Waals surface area contributed by atoms with Gasteiger partial charge in [-0.25, -0.2) is 9.59 Å². The molecule has 0 aliphatic heterocycles. The van der Waals surface area contributed by atoms with Crippen LogP contribution >= 0.6 is 0 Å². The largest absolute Gasteiger partial charge is 0.480 e. The maximum Gasteiger partial charge on any atom is 0.326 e. The summed E-state index contributed by atoms with van der Waals surface area (Å²) in [4.78, 5) is 36.1. The molecule has 0 aliphatic carbocycles. The molecule has 0 saturated heterocycles. The van der Waals surface area contributed by atoms with E-state index in [1.807, 2.05) is 19.9 Å². The van der Waals surface area contributed by atoms with Crippen molar-refractivity contribution in [3.05, 3.63) is 35.9 Å². The summed E-state index contributed by atoms with van der Waals surface area (Å²) in [6.45, 7) is 3.66. The number of carbonyl (C=O) groups is 3. The molecule has 1 unspecified atom stereocenters. The van der Waals surface area contributed by atoms with Crippen molar-refractivity contribution in [3.63, 3.8) is 0 Å². The van der Waals surface area contributed by atoms with Crippen LogP contribution in [0.3, 0.4) is 0 Å². The average Bonchev–Trinajstić information content (AvgIpc) is 2.53. The lowest BCUT2D eigenvalue weighted by Crippen LogP contribution is -2.52. The van der Waals surface area contributed by atoms with Crippen LogP contribution in [0.25, 0.3) is 0 Å². The Labute approximate surface area is 146 Å². The smallest absolute Gasteiger partial charge is 0.326 e. The number of nitrogens with one attached hydrogen (secondary N) is 1. The highest BCUT2D eigenvalue weighted by molar-refractivity contribution is 5.84. The molecule has 0 saturated carbocycles. The van der Waals surface area contributed by atoms with Crippen molar-refractivity contribution < 1.29 is 24.6 Å². The lowest BCUT2D eigenvalue weighted by molar-refractivity contribution is -0.139. The summed E-state index contributed by atoms with van der Waals surface area (Å²) in [5, 5.41) is 21.4. The first-order valence-electron chi connectivity index (χ1n) is 8.00. The van der Waals surface area contributed by atoms with Gasteiger partial charge in [0.15, 0.2) is 0 Å². The molecule has 1 rings (SSSR count). The molecule has 8 heteroatoms. The second-order valence-corrected chi connectivity index (χ2v) is 6.25. The van der Waals surface area contributed by atoms with Crippen LogP contribution in [0.4, 0.5) is 4.79 Å². The Kier molecular flexibility index (Phi) is 7.87. The monoisotopic (exact) mass is 351 g/mol. The van der Waals surface area contributed by atoms with Crippen LogP contribution in [0.5, 0.6) is 0 Å². The van der Waals surface area contributed by atoms with Crippen LogP contribution in [0, 0.1) is 5.92 Å². The molecule has 2 atom stereocenters. The van der Waals surface area contributed by atoms with Crippen LogP contribution in [0.1, 0.15) is 19.4 Å². The van der Waals surface area contributed by atoms with E-state index in [1.54, 1.807) is 24.3 Å². The molecule has 0 radical (unpaired) electrons. The third kappa shape index (κ3) is 7.21. The quantitative estimate of drug-likeness (QED) is 0.504. The third-order valence-electron chi connectivity index (χ3n) is 3.47. The fourth-order valence-corrected chi connectivity index (χ4v) is 2.27. The predicted molar refractivity (Wildman–Crippen MR) is 91.7 cm³/mol. The van der Waals surface area contributed by atoms with E-state index < -0.39 is 30.1 Å². The van der Waals surface area contributed by atoms with E-state index in [9.17, 15) is 24.6 Å². The lowest BCUT2D eigenvalue weighted by atomic mass is 10.1. The molecule has 0 aliphatic rings. The van der Waals surface area contributed by atoms with E-state index in [-0.39, 0.29) is 25.4 Å². The van der Waals surface area contributed by atoms with E-state index in [4.69, 9.17) is 5.73 Å². The number of hydrogen-bond donors (Lipinski definition) is 4. The van der Waals surface area contributed by atoms with E-state index >= 15 is 0 Å². The Morgan fingerprint density at radius 2 is 1.76 bits per heavy atom. The first-order valence-corrected chi connectivity index (χ1v) is 8.00. The van der Waals surface area contributed by atoms with Gasteiger partial charge in [-0.15, -0.1) is 0 Å². The molecule has 0 heterocycles. The summed E-state index contributed by atoms with van der Waals surface area (Å²) in [5.41, 5.74) is 5.79. The summed E-state index contributed by atoms with van der Waals surface area (Å²) in [6.07, 6.45) is -1.39. The SMILES string of the molecule is CC(C)CN(CC(O)C(N)=O)C(=O)N[C@@H](Cc1ccccc1)C(=O)O. The summed E-state index contributed by atoms with van der Waals surface area (Å²) in [5.74, 6) is -2.05. The minimum Gasteiger partial charge on any atom is -0.480 e. The zero-order chi connectivity index (χ0) is 19.0. The van der Waals surface area contributed by atoms with Crippen LogP contribution < -0.4 is 11.1 Å². The number of carboxylic acid groups (broad SMARTS) is 1. The van der Waals surface area contributed by atoms with Gasteiger partial charge in [0.25, 0.3) is 0 Å². The van der Waals surface area contributed by atoms with Crippen molar-refractivity contribution >= 4 is 17.9 Å². The zero-order valence-corrected chi connectivity index (χ0v) is 14.4. The summed E-state index contributed by atoms with van der Waals surface area (Å²) in [6, 6.07) is 7.12. The van der Waals surface area contributed by atoms with E-state index in [2.05, 4.69) is 5.32 Å². The molecular formula is C17H25N3O5. The Bertz CT molecular complexity index is 591. The van der Waals surface area contributed by atoms with Gasteiger partial charge in [-0.05, 0) is 11.5 Å². The van der Waals surface area contributed by atoms with Gasteiger partial charge in [0.2, 0.25) is 5.91 Å². The summed E-state index contributed by atoms with van der Waals surface area (Å²) < 4.78 is 0. The van der Waals surface area contributed by atoms with Gasteiger partial charge in [0.05, 0.1) is 6.54 Å². The normalized spacial score (nSPS) is 13.1. The van der Waals surface area contributed by atoms with Crippen molar-refractivity contribution in [3.8, 4) is 0 Å². The highest BCUT2D eigenvalue weighted by Gasteiger charge is 2.26. The Balaban J connectivity index is 2.82. The molecule has 3 amide bonds. The Morgan fingerprint density at radius 1 is 1.16 bits per heavy atom. The molecule has 5 N–H and O–H groups in total. The first-order chi connectivity index (χ1) is 11.7. The van der Waals surface area contributed by atoms with E-state index in [0.717, 1.165) is 5.56 Å². The van der Waals surface area contributed by atoms with Gasteiger partial charge in [0.1, 0.15) is 12.1 Å². The minimum atomic E-state index is -1.51. The third-order valence-corrected chi connectivity index (χ3v) is 3.47. The predicted octanol–water partition coefficient (Wildman–Crippen LogP) is 0.196. The van der Waals surface area contributed by atoms with Gasteiger partial charge in [0, 0.05) is 13.0 Å². The molecule has 25 heavy (non-hydrogen) atoms. The Hall–Kier alpha value is -2.61. The fraction of sp³-hybridized carbons (Fsp3) is 0.471.